The van der Waals surface area contributed by atoms with Gasteiger partial charge in [-0.25, -0.2) is 9.97 Å². The van der Waals surface area contributed by atoms with Gasteiger partial charge in [-0.15, -0.1) is 0 Å². The number of aryl methyl sites for hydroxylation is 1. The predicted molar refractivity (Wildman–Crippen MR) is 120 cm³/mol. The Morgan fingerprint density at radius 3 is 2.74 bits per heavy atom. The van der Waals surface area contributed by atoms with Gasteiger partial charge in [0.1, 0.15) is 11.9 Å². The molecule has 3 aromatic rings. The third-order valence-electron chi connectivity index (χ3n) is 5.75. The molecule has 0 saturated carbocycles. The van der Waals surface area contributed by atoms with Crippen molar-refractivity contribution in [2.45, 2.75) is 38.5 Å². The summed E-state index contributed by atoms with van der Waals surface area (Å²) in [6.45, 7) is 8.92. The maximum Gasteiger partial charge on any atom is 0.228 e. The number of hydrogen-bond donors (Lipinski definition) is 3. The van der Waals surface area contributed by atoms with Crippen molar-refractivity contribution in [3.8, 4) is 17.3 Å². The van der Waals surface area contributed by atoms with Crippen molar-refractivity contribution >= 4 is 17.5 Å². The third kappa shape index (κ3) is 3.73. The van der Waals surface area contributed by atoms with Crippen LogP contribution < -0.4 is 10.6 Å². The lowest BCUT2D eigenvalue weighted by Crippen LogP contribution is -2.28. The smallest absolute Gasteiger partial charge is 0.228 e. The quantitative estimate of drug-likeness (QED) is 0.596. The average Bonchev–Trinajstić information content (AvgIpc) is 3.28. The summed E-state index contributed by atoms with van der Waals surface area (Å²) in [5.41, 5.74) is 4.24. The van der Waals surface area contributed by atoms with Gasteiger partial charge in [-0.05, 0) is 23.8 Å². The summed E-state index contributed by atoms with van der Waals surface area (Å²) in [5, 5.41) is 30.7. The molecule has 8 nitrogen and oxygen atoms in total. The van der Waals surface area contributed by atoms with Gasteiger partial charge in [-0.3, -0.25) is 4.68 Å². The second-order valence-electron chi connectivity index (χ2n) is 9.31. The predicted octanol–water partition coefficient (Wildman–Crippen LogP) is 3.47. The van der Waals surface area contributed by atoms with Gasteiger partial charge in [-0.1, -0.05) is 27.7 Å². The minimum Gasteiger partial charge on any atom is -0.395 e. The van der Waals surface area contributed by atoms with E-state index in [1.165, 1.54) is 0 Å². The Kier molecular flexibility index (Phi) is 4.94. The van der Waals surface area contributed by atoms with Crippen molar-refractivity contribution in [3.05, 3.63) is 47.3 Å². The summed E-state index contributed by atoms with van der Waals surface area (Å²) in [6.07, 6.45) is 1.69. The first-order valence-corrected chi connectivity index (χ1v) is 10.2. The number of aromatic nitrogens is 4. The van der Waals surface area contributed by atoms with Crippen LogP contribution in [0.1, 0.15) is 44.5 Å². The first-order valence-electron chi connectivity index (χ1n) is 10.2. The van der Waals surface area contributed by atoms with E-state index in [4.69, 9.17) is 0 Å². The number of aliphatic hydroxyl groups excluding tert-OH is 1. The molecule has 0 saturated heterocycles. The van der Waals surface area contributed by atoms with E-state index < -0.39 is 5.41 Å². The van der Waals surface area contributed by atoms with E-state index in [2.05, 4.69) is 52.5 Å². The molecule has 0 spiro atoms. The summed E-state index contributed by atoms with van der Waals surface area (Å²) in [5.74, 6) is 1.24. The number of anilines is 3. The van der Waals surface area contributed by atoms with Crippen LogP contribution in [0.5, 0.6) is 0 Å². The zero-order valence-electron chi connectivity index (χ0n) is 18.5. The molecule has 0 amide bonds. The van der Waals surface area contributed by atoms with Crippen LogP contribution in [0.4, 0.5) is 17.5 Å². The van der Waals surface area contributed by atoms with E-state index in [0.29, 0.717) is 23.8 Å². The standard InChI is InChI=1S/C23H27N7O/c1-22(2,3)18-10-19(30(5)29-18)28-21-25-7-6-17(27-21)14-8-15(11-24)20-16(9-14)23(4,13-31)12-26-20/h6-10,26,31H,12-13H2,1-5H3,(H,25,27,28). The lowest BCUT2D eigenvalue weighted by Gasteiger charge is -2.21. The number of aliphatic hydroxyl groups is 1. The fourth-order valence-corrected chi connectivity index (χ4v) is 3.71. The second kappa shape index (κ2) is 7.36. The monoisotopic (exact) mass is 417 g/mol. The molecular formula is C23H27N7O. The van der Waals surface area contributed by atoms with Gasteiger partial charge < -0.3 is 15.7 Å². The fourth-order valence-electron chi connectivity index (χ4n) is 3.71. The van der Waals surface area contributed by atoms with Gasteiger partial charge in [0.15, 0.2) is 0 Å². The average molecular weight is 418 g/mol. The highest BCUT2D eigenvalue weighted by molar-refractivity contribution is 5.76. The molecule has 0 radical (unpaired) electrons. The molecule has 2 aromatic heterocycles. The summed E-state index contributed by atoms with van der Waals surface area (Å²) in [6, 6.07) is 9.90. The fraction of sp³-hybridized carbons (Fsp3) is 0.391. The van der Waals surface area contributed by atoms with E-state index in [1.54, 1.807) is 10.9 Å². The van der Waals surface area contributed by atoms with Crippen molar-refractivity contribution in [2.24, 2.45) is 7.05 Å². The normalized spacial score (nSPS) is 17.7. The Labute approximate surface area is 182 Å². The number of nitriles is 1. The van der Waals surface area contributed by atoms with E-state index in [-0.39, 0.29) is 12.0 Å². The van der Waals surface area contributed by atoms with Crippen LogP contribution in [-0.4, -0.2) is 38.0 Å². The number of rotatable bonds is 4. The second-order valence-corrected chi connectivity index (χ2v) is 9.31. The molecule has 0 aliphatic carbocycles. The maximum atomic E-state index is 9.92. The molecule has 1 aliphatic heterocycles. The van der Waals surface area contributed by atoms with Gasteiger partial charge in [0, 0.05) is 42.2 Å². The highest BCUT2D eigenvalue weighted by Crippen LogP contribution is 2.41. The van der Waals surface area contributed by atoms with Gasteiger partial charge in [0.2, 0.25) is 5.95 Å². The van der Waals surface area contributed by atoms with Crippen LogP contribution in [0.15, 0.2) is 30.5 Å². The third-order valence-corrected chi connectivity index (χ3v) is 5.75. The van der Waals surface area contributed by atoms with E-state index in [9.17, 15) is 10.4 Å². The molecule has 0 bridgehead atoms. The van der Waals surface area contributed by atoms with Gasteiger partial charge in [0.05, 0.1) is 29.2 Å². The number of benzene rings is 1. The zero-order valence-corrected chi connectivity index (χ0v) is 18.5. The first kappa shape index (κ1) is 20.8. The topological polar surface area (TPSA) is 112 Å². The van der Waals surface area contributed by atoms with E-state index in [1.807, 2.05) is 38.2 Å². The van der Waals surface area contributed by atoms with Crippen LogP contribution in [0.25, 0.3) is 11.3 Å². The minimum atomic E-state index is -0.441. The minimum absolute atomic E-state index is 0.00546. The Bertz CT molecular complexity index is 1190. The largest absolute Gasteiger partial charge is 0.395 e. The summed E-state index contributed by atoms with van der Waals surface area (Å²) in [4.78, 5) is 9.02. The summed E-state index contributed by atoms with van der Waals surface area (Å²) >= 11 is 0. The van der Waals surface area contributed by atoms with Crippen molar-refractivity contribution < 1.29 is 5.11 Å². The Morgan fingerprint density at radius 1 is 1.32 bits per heavy atom. The molecule has 1 aliphatic rings. The van der Waals surface area contributed by atoms with Crippen LogP contribution in [0, 0.1) is 11.3 Å². The highest BCUT2D eigenvalue weighted by atomic mass is 16.3. The molecule has 31 heavy (non-hydrogen) atoms. The first-order chi connectivity index (χ1) is 14.6. The van der Waals surface area contributed by atoms with Crippen molar-refractivity contribution in [1.82, 2.24) is 19.7 Å². The van der Waals surface area contributed by atoms with Crippen molar-refractivity contribution in [3.63, 3.8) is 0 Å². The SMILES string of the molecule is Cn1nc(C(C)(C)C)cc1Nc1nccc(-c2cc(C#N)c3c(c2)C(C)(CO)CN3)n1. The molecule has 1 aromatic carbocycles. The molecular weight excluding hydrogens is 390 g/mol. The molecule has 3 N–H and O–H groups in total. The van der Waals surface area contributed by atoms with Crippen LogP contribution in [0.2, 0.25) is 0 Å². The molecule has 1 atom stereocenters. The van der Waals surface area contributed by atoms with Crippen LogP contribution in [-0.2, 0) is 17.9 Å². The molecule has 3 heterocycles. The molecule has 1 unspecified atom stereocenters. The lowest BCUT2D eigenvalue weighted by molar-refractivity contribution is 0.219. The Balaban J connectivity index is 1.71. The van der Waals surface area contributed by atoms with Gasteiger partial charge in [-0.2, -0.15) is 10.4 Å². The van der Waals surface area contributed by atoms with E-state index >= 15 is 0 Å². The maximum absolute atomic E-state index is 9.92. The number of nitrogens with zero attached hydrogens (tertiary/aromatic N) is 5. The summed E-state index contributed by atoms with van der Waals surface area (Å²) < 4.78 is 1.78. The molecule has 0 fully saturated rings. The zero-order chi connectivity index (χ0) is 22.4. The Hall–Kier alpha value is -3.44. The molecule has 4 rings (SSSR count). The van der Waals surface area contributed by atoms with Crippen molar-refractivity contribution in [1.29, 1.82) is 5.26 Å². The molecule has 8 heteroatoms. The van der Waals surface area contributed by atoms with Crippen molar-refractivity contribution in [2.75, 3.05) is 23.8 Å². The van der Waals surface area contributed by atoms with E-state index in [0.717, 1.165) is 28.3 Å². The number of fused-ring (bicyclic) bond motifs is 1. The van der Waals surface area contributed by atoms with Crippen LogP contribution >= 0.6 is 0 Å². The van der Waals surface area contributed by atoms with Crippen LogP contribution in [0.3, 0.4) is 0 Å². The number of hydrogen-bond acceptors (Lipinski definition) is 7. The highest BCUT2D eigenvalue weighted by Gasteiger charge is 2.36. The van der Waals surface area contributed by atoms with Gasteiger partial charge in [0.25, 0.3) is 0 Å². The summed E-state index contributed by atoms with van der Waals surface area (Å²) in [7, 11) is 1.88. The lowest BCUT2D eigenvalue weighted by atomic mass is 9.83. The van der Waals surface area contributed by atoms with Gasteiger partial charge >= 0.3 is 0 Å². The Morgan fingerprint density at radius 2 is 2.10 bits per heavy atom. The molecule has 160 valence electrons. The number of nitrogens with one attached hydrogen (secondary N) is 2.